The van der Waals surface area contributed by atoms with Gasteiger partial charge in [-0.05, 0) is 18.3 Å². The molecule has 0 N–H and O–H groups in total. The van der Waals surface area contributed by atoms with Gasteiger partial charge >= 0.3 is 6.16 Å². The van der Waals surface area contributed by atoms with Gasteiger partial charge < -0.3 is 9.47 Å². The Labute approximate surface area is 91.4 Å². The summed E-state index contributed by atoms with van der Waals surface area (Å²) in [5, 5.41) is 0. The van der Waals surface area contributed by atoms with Crippen molar-refractivity contribution >= 4 is 6.16 Å². The first kappa shape index (κ1) is 12.1. The van der Waals surface area contributed by atoms with E-state index in [2.05, 4.69) is 6.08 Å². The van der Waals surface area contributed by atoms with Crippen LogP contribution >= 0.6 is 0 Å². The third-order valence-electron chi connectivity index (χ3n) is 2.11. The summed E-state index contributed by atoms with van der Waals surface area (Å²) in [7, 11) is 0. The number of hydrogen-bond acceptors (Lipinski definition) is 3. The summed E-state index contributed by atoms with van der Waals surface area (Å²) in [6.45, 7) is 6.45. The minimum Gasteiger partial charge on any atom is -0.434 e. The molecule has 0 heterocycles. The molecule has 0 spiro atoms. The Morgan fingerprint density at radius 1 is 1.40 bits per heavy atom. The van der Waals surface area contributed by atoms with Gasteiger partial charge in [0, 0.05) is 6.42 Å². The lowest BCUT2D eigenvalue weighted by Crippen LogP contribution is -2.23. The molecule has 0 aromatic carbocycles. The first-order valence-electron chi connectivity index (χ1n) is 5.46. The Kier molecular flexibility index (Phi) is 4.18. The zero-order valence-corrected chi connectivity index (χ0v) is 9.79. The molecule has 1 aliphatic carbocycles. The molecule has 3 heteroatoms. The lowest BCUT2D eigenvalue weighted by Gasteiger charge is -2.21. The Morgan fingerprint density at radius 3 is 2.67 bits per heavy atom. The van der Waals surface area contributed by atoms with Crippen molar-refractivity contribution in [2.75, 3.05) is 6.61 Å². The van der Waals surface area contributed by atoms with Gasteiger partial charge in [0.1, 0.15) is 6.10 Å². The van der Waals surface area contributed by atoms with Gasteiger partial charge in [-0.3, -0.25) is 0 Å². The average molecular weight is 212 g/mol. The van der Waals surface area contributed by atoms with Gasteiger partial charge in [0.15, 0.2) is 0 Å². The predicted molar refractivity (Wildman–Crippen MR) is 58.7 cm³/mol. The highest BCUT2D eigenvalue weighted by Gasteiger charge is 2.18. The summed E-state index contributed by atoms with van der Waals surface area (Å²) in [6.07, 6.45) is 6.32. The van der Waals surface area contributed by atoms with E-state index in [1.807, 2.05) is 26.8 Å². The highest BCUT2D eigenvalue weighted by molar-refractivity contribution is 5.60. The van der Waals surface area contributed by atoms with Gasteiger partial charge in [-0.15, -0.1) is 0 Å². The molecule has 0 aromatic rings. The molecule has 0 bridgehead atoms. The van der Waals surface area contributed by atoms with Crippen LogP contribution in [0, 0.1) is 5.41 Å². The van der Waals surface area contributed by atoms with Crippen LogP contribution in [0.15, 0.2) is 12.2 Å². The van der Waals surface area contributed by atoms with Gasteiger partial charge in [0.25, 0.3) is 0 Å². The van der Waals surface area contributed by atoms with Crippen LogP contribution in [0.3, 0.4) is 0 Å². The van der Waals surface area contributed by atoms with Crippen molar-refractivity contribution in [3.63, 3.8) is 0 Å². The van der Waals surface area contributed by atoms with Crippen molar-refractivity contribution in [3.8, 4) is 0 Å². The number of rotatable bonds is 2. The van der Waals surface area contributed by atoms with E-state index in [1.54, 1.807) is 0 Å². The zero-order chi connectivity index (χ0) is 11.3. The molecule has 0 saturated heterocycles. The van der Waals surface area contributed by atoms with Crippen LogP contribution < -0.4 is 0 Å². The molecule has 0 fully saturated rings. The lowest BCUT2D eigenvalue weighted by atomic mass is 9.99. The fourth-order valence-corrected chi connectivity index (χ4v) is 1.32. The normalized spacial score (nSPS) is 21.1. The third kappa shape index (κ3) is 5.45. The summed E-state index contributed by atoms with van der Waals surface area (Å²) in [5.41, 5.74) is -0.00844. The van der Waals surface area contributed by atoms with Crippen LogP contribution in [-0.4, -0.2) is 18.9 Å². The number of allylic oxidation sites excluding steroid dienone is 1. The molecular weight excluding hydrogens is 192 g/mol. The van der Waals surface area contributed by atoms with Crippen LogP contribution in [-0.2, 0) is 9.47 Å². The molecular formula is C12H20O3. The molecule has 1 atom stereocenters. The van der Waals surface area contributed by atoms with Crippen LogP contribution in [0.1, 0.15) is 40.0 Å². The summed E-state index contributed by atoms with van der Waals surface area (Å²) in [5.74, 6) is 0. The Balaban J connectivity index is 2.21. The SMILES string of the molecule is CC(C)(C)COC(=O)OC1CC=CCC1. The van der Waals surface area contributed by atoms with E-state index in [-0.39, 0.29) is 11.5 Å². The maximum absolute atomic E-state index is 11.3. The zero-order valence-electron chi connectivity index (χ0n) is 9.79. The molecule has 1 aliphatic rings. The van der Waals surface area contributed by atoms with E-state index in [4.69, 9.17) is 9.47 Å². The molecule has 0 saturated carbocycles. The standard InChI is InChI=1S/C12H20O3/c1-12(2,3)9-14-11(13)15-10-7-5-4-6-8-10/h4-5,10H,6-9H2,1-3H3. The lowest BCUT2D eigenvalue weighted by molar-refractivity contribution is 0.00498. The number of carbonyl (C=O) groups excluding carboxylic acids is 1. The van der Waals surface area contributed by atoms with Crippen LogP contribution in [0.4, 0.5) is 4.79 Å². The molecule has 1 unspecified atom stereocenters. The molecule has 86 valence electrons. The van der Waals surface area contributed by atoms with Gasteiger partial charge in [0.05, 0.1) is 6.61 Å². The van der Waals surface area contributed by atoms with Gasteiger partial charge in [-0.1, -0.05) is 32.9 Å². The van der Waals surface area contributed by atoms with Crippen LogP contribution in [0.2, 0.25) is 0 Å². The quantitative estimate of drug-likeness (QED) is 0.520. The molecule has 3 nitrogen and oxygen atoms in total. The summed E-state index contributed by atoms with van der Waals surface area (Å²) < 4.78 is 10.2. The maximum Gasteiger partial charge on any atom is 0.508 e. The van der Waals surface area contributed by atoms with Gasteiger partial charge in [0.2, 0.25) is 0 Å². The fraction of sp³-hybridized carbons (Fsp3) is 0.750. The molecule has 0 radical (unpaired) electrons. The van der Waals surface area contributed by atoms with E-state index in [0.29, 0.717) is 6.61 Å². The topological polar surface area (TPSA) is 35.5 Å². The average Bonchev–Trinajstić information content (AvgIpc) is 2.15. The highest BCUT2D eigenvalue weighted by Crippen LogP contribution is 2.17. The van der Waals surface area contributed by atoms with Crippen LogP contribution in [0.5, 0.6) is 0 Å². The third-order valence-corrected chi connectivity index (χ3v) is 2.11. The molecule has 15 heavy (non-hydrogen) atoms. The van der Waals surface area contributed by atoms with E-state index in [0.717, 1.165) is 19.3 Å². The van der Waals surface area contributed by atoms with Crippen molar-refractivity contribution in [2.45, 2.75) is 46.1 Å². The second-order valence-corrected chi connectivity index (χ2v) is 5.12. The van der Waals surface area contributed by atoms with Crippen molar-refractivity contribution in [1.82, 2.24) is 0 Å². The first-order valence-corrected chi connectivity index (χ1v) is 5.46. The molecule has 0 amide bonds. The molecule has 0 aliphatic heterocycles. The number of ether oxygens (including phenoxy) is 2. The predicted octanol–water partition coefficient (Wildman–Crippen LogP) is 3.29. The van der Waals surface area contributed by atoms with Crippen molar-refractivity contribution in [3.05, 3.63) is 12.2 Å². The monoisotopic (exact) mass is 212 g/mol. The Morgan fingerprint density at radius 2 is 2.13 bits per heavy atom. The van der Waals surface area contributed by atoms with E-state index < -0.39 is 6.16 Å². The minimum absolute atomic E-state index is 0.00229. The van der Waals surface area contributed by atoms with Crippen LogP contribution in [0.25, 0.3) is 0 Å². The maximum atomic E-state index is 11.3. The van der Waals surface area contributed by atoms with E-state index >= 15 is 0 Å². The van der Waals surface area contributed by atoms with Crippen molar-refractivity contribution in [1.29, 1.82) is 0 Å². The summed E-state index contributed by atoms with van der Waals surface area (Å²) in [4.78, 5) is 11.3. The Bertz CT molecular complexity index is 238. The number of hydrogen-bond donors (Lipinski definition) is 0. The largest absolute Gasteiger partial charge is 0.508 e. The molecule has 1 rings (SSSR count). The highest BCUT2D eigenvalue weighted by atomic mass is 16.7. The second kappa shape index (κ2) is 5.19. The smallest absolute Gasteiger partial charge is 0.434 e. The number of carbonyl (C=O) groups is 1. The van der Waals surface area contributed by atoms with Crippen molar-refractivity contribution < 1.29 is 14.3 Å². The van der Waals surface area contributed by atoms with Gasteiger partial charge in [-0.2, -0.15) is 0 Å². The van der Waals surface area contributed by atoms with E-state index in [9.17, 15) is 4.79 Å². The summed E-state index contributed by atoms with van der Waals surface area (Å²) >= 11 is 0. The fourth-order valence-electron chi connectivity index (χ4n) is 1.32. The van der Waals surface area contributed by atoms with Crippen molar-refractivity contribution in [2.24, 2.45) is 5.41 Å². The minimum atomic E-state index is -0.537. The first-order chi connectivity index (χ1) is 6.97. The van der Waals surface area contributed by atoms with E-state index in [1.165, 1.54) is 0 Å². The molecule has 0 aromatic heterocycles. The second-order valence-electron chi connectivity index (χ2n) is 5.12. The summed E-state index contributed by atoms with van der Waals surface area (Å²) in [6, 6.07) is 0. The van der Waals surface area contributed by atoms with Gasteiger partial charge in [-0.25, -0.2) is 4.79 Å². The Hall–Kier alpha value is -0.990.